The highest BCUT2D eigenvalue weighted by atomic mass is 16.3. The molecule has 0 spiro atoms. The molecule has 2 saturated heterocycles. The lowest BCUT2D eigenvalue weighted by molar-refractivity contribution is -0.143. The van der Waals surface area contributed by atoms with Gasteiger partial charge in [-0.25, -0.2) is 0 Å². The molecular weight excluding hydrogens is 240 g/mol. The third-order valence-electron chi connectivity index (χ3n) is 5.33. The predicted octanol–water partition coefficient (Wildman–Crippen LogP) is 0.948. The lowest BCUT2D eigenvalue weighted by atomic mass is 9.85. The molecule has 2 aliphatic heterocycles. The topological polar surface area (TPSA) is 43.8 Å². The van der Waals surface area contributed by atoms with Crippen molar-refractivity contribution in [1.82, 2.24) is 9.80 Å². The summed E-state index contributed by atoms with van der Waals surface area (Å²) in [6.45, 7) is 3.93. The van der Waals surface area contributed by atoms with E-state index in [9.17, 15) is 9.90 Å². The molecule has 4 heteroatoms. The van der Waals surface area contributed by atoms with Gasteiger partial charge in [-0.15, -0.1) is 0 Å². The SMILES string of the molecule is CN1C[C@@H]2CN(C(=O)[C@H](O)C3CCCCC3)C[C@@H]2C1. The fourth-order valence-corrected chi connectivity index (χ4v) is 4.25. The van der Waals surface area contributed by atoms with Crippen LogP contribution in [0.4, 0.5) is 0 Å². The van der Waals surface area contributed by atoms with Crippen molar-refractivity contribution in [3.05, 3.63) is 0 Å². The molecule has 4 nitrogen and oxygen atoms in total. The number of nitrogens with zero attached hydrogens (tertiary/aromatic N) is 2. The number of aliphatic hydroxyl groups excluding tert-OH is 1. The third kappa shape index (κ3) is 2.65. The highest BCUT2D eigenvalue weighted by Gasteiger charge is 2.42. The molecule has 0 unspecified atom stereocenters. The van der Waals surface area contributed by atoms with Crippen molar-refractivity contribution in [2.45, 2.75) is 38.2 Å². The first-order chi connectivity index (χ1) is 9.15. The Morgan fingerprint density at radius 1 is 1.05 bits per heavy atom. The molecule has 1 N–H and O–H groups in total. The van der Waals surface area contributed by atoms with Crippen molar-refractivity contribution in [1.29, 1.82) is 0 Å². The van der Waals surface area contributed by atoms with E-state index >= 15 is 0 Å². The van der Waals surface area contributed by atoms with Crippen molar-refractivity contribution in [3.8, 4) is 0 Å². The van der Waals surface area contributed by atoms with E-state index < -0.39 is 6.10 Å². The largest absolute Gasteiger partial charge is 0.383 e. The van der Waals surface area contributed by atoms with Gasteiger partial charge in [0, 0.05) is 26.2 Å². The Labute approximate surface area is 115 Å². The van der Waals surface area contributed by atoms with E-state index in [1.54, 1.807) is 0 Å². The normalized spacial score (nSPS) is 34.5. The smallest absolute Gasteiger partial charge is 0.251 e. The molecule has 108 valence electrons. The highest BCUT2D eigenvalue weighted by Crippen LogP contribution is 2.32. The van der Waals surface area contributed by atoms with E-state index in [4.69, 9.17) is 0 Å². The van der Waals surface area contributed by atoms with E-state index in [1.807, 2.05) is 4.90 Å². The quantitative estimate of drug-likeness (QED) is 0.809. The van der Waals surface area contributed by atoms with Crippen molar-refractivity contribution >= 4 is 5.91 Å². The van der Waals surface area contributed by atoms with E-state index in [-0.39, 0.29) is 11.8 Å². The molecule has 0 aromatic heterocycles. The van der Waals surface area contributed by atoms with Gasteiger partial charge in [0.05, 0.1) is 0 Å². The Morgan fingerprint density at radius 3 is 2.21 bits per heavy atom. The molecule has 1 amide bonds. The summed E-state index contributed by atoms with van der Waals surface area (Å²) in [7, 11) is 2.15. The predicted molar refractivity (Wildman–Crippen MR) is 73.6 cm³/mol. The maximum absolute atomic E-state index is 12.4. The number of aliphatic hydroxyl groups is 1. The molecule has 2 heterocycles. The number of carbonyl (C=O) groups excluding carboxylic acids is 1. The molecule has 3 aliphatic rings. The number of carbonyl (C=O) groups is 1. The first-order valence-corrected chi connectivity index (χ1v) is 7.80. The van der Waals surface area contributed by atoms with Crippen molar-refractivity contribution in [2.24, 2.45) is 17.8 Å². The summed E-state index contributed by atoms with van der Waals surface area (Å²) in [6.07, 6.45) is 4.91. The van der Waals surface area contributed by atoms with Gasteiger partial charge >= 0.3 is 0 Å². The summed E-state index contributed by atoms with van der Waals surface area (Å²) in [5.41, 5.74) is 0. The monoisotopic (exact) mass is 266 g/mol. The van der Waals surface area contributed by atoms with Crippen LogP contribution < -0.4 is 0 Å². The zero-order valence-electron chi connectivity index (χ0n) is 11.9. The van der Waals surface area contributed by atoms with Gasteiger partial charge in [-0.3, -0.25) is 4.79 Å². The average molecular weight is 266 g/mol. The van der Waals surface area contributed by atoms with Crippen LogP contribution in [0.15, 0.2) is 0 Å². The lowest BCUT2D eigenvalue weighted by Gasteiger charge is -2.29. The summed E-state index contributed by atoms with van der Waals surface area (Å²) >= 11 is 0. The van der Waals surface area contributed by atoms with E-state index in [0.717, 1.165) is 39.0 Å². The second-order valence-corrected chi connectivity index (χ2v) is 6.83. The Morgan fingerprint density at radius 2 is 1.63 bits per heavy atom. The molecule has 19 heavy (non-hydrogen) atoms. The minimum absolute atomic E-state index is 0.00366. The van der Waals surface area contributed by atoms with Gasteiger partial charge < -0.3 is 14.9 Å². The number of rotatable bonds is 2. The molecule has 3 atom stereocenters. The first-order valence-electron chi connectivity index (χ1n) is 7.80. The van der Waals surface area contributed by atoms with Crippen LogP contribution in [-0.4, -0.2) is 60.1 Å². The van der Waals surface area contributed by atoms with Gasteiger partial charge in [-0.2, -0.15) is 0 Å². The summed E-state index contributed by atoms with van der Waals surface area (Å²) in [6, 6.07) is 0. The Balaban J connectivity index is 1.56. The number of likely N-dealkylation sites (tertiary alicyclic amines) is 2. The Kier molecular flexibility index (Phi) is 3.81. The zero-order chi connectivity index (χ0) is 13.4. The van der Waals surface area contributed by atoms with Crippen LogP contribution in [0, 0.1) is 17.8 Å². The summed E-state index contributed by atoms with van der Waals surface area (Å²) < 4.78 is 0. The Hall–Kier alpha value is -0.610. The summed E-state index contributed by atoms with van der Waals surface area (Å²) in [5.74, 6) is 1.48. The number of hydrogen-bond acceptors (Lipinski definition) is 3. The number of amides is 1. The molecule has 3 rings (SSSR count). The second kappa shape index (κ2) is 5.41. The fraction of sp³-hybridized carbons (Fsp3) is 0.933. The van der Waals surface area contributed by atoms with Gasteiger partial charge in [0.25, 0.3) is 5.91 Å². The van der Waals surface area contributed by atoms with Gasteiger partial charge in [-0.05, 0) is 37.6 Å². The van der Waals surface area contributed by atoms with E-state index in [1.165, 1.54) is 19.3 Å². The first kappa shape index (κ1) is 13.4. The number of hydrogen-bond donors (Lipinski definition) is 1. The van der Waals surface area contributed by atoms with Crippen LogP contribution in [0.25, 0.3) is 0 Å². The molecule has 1 aliphatic carbocycles. The summed E-state index contributed by atoms with van der Waals surface area (Å²) in [4.78, 5) is 16.7. The number of fused-ring (bicyclic) bond motifs is 1. The zero-order valence-corrected chi connectivity index (χ0v) is 11.9. The van der Waals surface area contributed by atoms with E-state index in [0.29, 0.717) is 11.8 Å². The molecule has 1 saturated carbocycles. The van der Waals surface area contributed by atoms with Crippen LogP contribution in [0.1, 0.15) is 32.1 Å². The minimum atomic E-state index is -0.739. The molecule has 0 aromatic carbocycles. The fourth-order valence-electron chi connectivity index (χ4n) is 4.25. The van der Waals surface area contributed by atoms with Crippen LogP contribution in [0.5, 0.6) is 0 Å². The average Bonchev–Trinajstić information content (AvgIpc) is 2.95. The van der Waals surface area contributed by atoms with Crippen molar-refractivity contribution in [3.63, 3.8) is 0 Å². The second-order valence-electron chi connectivity index (χ2n) is 6.83. The lowest BCUT2D eigenvalue weighted by Crippen LogP contribution is -2.43. The van der Waals surface area contributed by atoms with Crippen LogP contribution in [-0.2, 0) is 4.79 Å². The maximum Gasteiger partial charge on any atom is 0.251 e. The van der Waals surface area contributed by atoms with Crippen molar-refractivity contribution < 1.29 is 9.90 Å². The Bertz CT molecular complexity index is 327. The molecular formula is C15H26N2O2. The molecule has 3 fully saturated rings. The molecule has 0 bridgehead atoms. The van der Waals surface area contributed by atoms with Gasteiger partial charge in [0.15, 0.2) is 0 Å². The van der Waals surface area contributed by atoms with Crippen LogP contribution >= 0.6 is 0 Å². The van der Waals surface area contributed by atoms with E-state index in [2.05, 4.69) is 11.9 Å². The van der Waals surface area contributed by atoms with Crippen LogP contribution in [0.2, 0.25) is 0 Å². The minimum Gasteiger partial charge on any atom is -0.383 e. The van der Waals surface area contributed by atoms with Crippen LogP contribution in [0.3, 0.4) is 0 Å². The standard InChI is InChI=1S/C15H26N2O2/c1-16-7-12-9-17(10-13(12)8-16)15(19)14(18)11-5-3-2-4-6-11/h11-14,18H,2-10H2,1H3/t12-,13+,14-/m1/s1. The van der Waals surface area contributed by atoms with Gasteiger partial charge in [-0.1, -0.05) is 19.3 Å². The highest BCUT2D eigenvalue weighted by molar-refractivity contribution is 5.81. The summed E-state index contributed by atoms with van der Waals surface area (Å²) in [5, 5.41) is 10.3. The van der Waals surface area contributed by atoms with Crippen molar-refractivity contribution in [2.75, 3.05) is 33.2 Å². The maximum atomic E-state index is 12.4. The van der Waals surface area contributed by atoms with Gasteiger partial charge in [0.1, 0.15) is 6.10 Å². The molecule has 0 radical (unpaired) electrons. The van der Waals surface area contributed by atoms with Gasteiger partial charge in [0.2, 0.25) is 0 Å². The molecule has 0 aromatic rings. The third-order valence-corrected chi connectivity index (χ3v) is 5.33.